The Hall–Kier alpha value is -1.09. The Morgan fingerprint density at radius 3 is 2.36 bits per heavy atom. The van der Waals surface area contributed by atoms with Crippen LogP contribution in [-0.2, 0) is 9.53 Å². The second kappa shape index (κ2) is 9.17. The van der Waals surface area contributed by atoms with Crippen LogP contribution >= 0.6 is 0 Å². The minimum Gasteiger partial charge on any atom is -0.463 e. The topological polar surface area (TPSA) is 46.5 Å². The van der Waals surface area contributed by atoms with Gasteiger partial charge in [0, 0.05) is 6.92 Å². The fourth-order valence-corrected chi connectivity index (χ4v) is 8.49. The quantitative estimate of drug-likeness (QED) is 0.359. The first-order chi connectivity index (χ1) is 15.5. The molecule has 4 rings (SSSR count). The maximum absolute atomic E-state index is 11.5. The van der Waals surface area contributed by atoms with E-state index in [1.165, 1.54) is 32.6 Å². The van der Waals surface area contributed by atoms with E-state index >= 15 is 0 Å². The van der Waals surface area contributed by atoms with Gasteiger partial charge in [0.25, 0.3) is 0 Å². The first-order valence-corrected chi connectivity index (χ1v) is 13.7. The Balaban J connectivity index is 1.55. The van der Waals surface area contributed by atoms with Crippen LogP contribution in [0.1, 0.15) is 93.4 Å². The largest absolute Gasteiger partial charge is 0.463 e. The molecule has 0 spiro atoms. The summed E-state index contributed by atoms with van der Waals surface area (Å²) in [4.78, 5) is 11.5. The summed E-state index contributed by atoms with van der Waals surface area (Å²) in [5, 5.41) is 11.3. The highest BCUT2D eigenvalue weighted by molar-refractivity contribution is 5.66. The molecule has 0 aromatic carbocycles. The average Bonchev–Trinajstić information content (AvgIpc) is 3.10. The highest BCUT2D eigenvalue weighted by atomic mass is 16.5. The number of hydrogen-bond acceptors (Lipinski definition) is 3. The van der Waals surface area contributed by atoms with E-state index in [-0.39, 0.29) is 23.4 Å². The molecule has 0 bridgehead atoms. The van der Waals surface area contributed by atoms with Crippen molar-refractivity contribution in [3.8, 4) is 0 Å². The van der Waals surface area contributed by atoms with Gasteiger partial charge in [0.2, 0.25) is 0 Å². The van der Waals surface area contributed by atoms with E-state index in [0.717, 1.165) is 25.2 Å². The lowest BCUT2D eigenvalue weighted by Gasteiger charge is -2.58. The zero-order valence-corrected chi connectivity index (χ0v) is 22.1. The van der Waals surface area contributed by atoms with Crippen molar-refractivity contribution in [2.75, 3.05) is 0 Å². The Morgan fingerprint density at radius 1 is 1.03 bits per heavy atom. The summed E-state index contributed by atoms with van der Waals surface area (Å²) < 4.78 is 5.57. The second-order valence-electron chi connectivity index (χ2n) is 13.0. The van der Waals surface area contributed by atoms with E-state index in [9.17, 15) is 9.90 Å². The smallest absolute Gasteiger partial charge is 0.302 e. The number of allylic oxidation sites excluding steroid dienone is 3. The second-order valence-corrected chi connectivity index (χ2v) is 13.0. The predicted octanol–water partition coefficient (Wildman–Crippen LogP) is 6.95. The fraction of sp³-hybridized carbons (Fsp3) is 0.833. The van der Waals surface area contributed by atoms with Gasteiger partial charge in [0.05, 0.1) is 6.10 Å². The van der Waals surface area contributed by atoms with Crippen molar-refractivity contribution in [2.24, 2.45) is 52.3 Å². The van der Waals surface area contributed by atoms with Gasteiger partial charge < -0.3 is 9.84 Å². The monoisotopic (exact) mass is 456 g/mol. The van der Waals surface area contributed by atoms with Crippen LogP contribution in [-0.4, -0.2) is 23.3 Å². The summed E-state index contributed by atoms with van der Waals surface area (Å²) >= 11 is 0. The van der Waals surface area contributed by atoms with Gasteiger partial charge in [-0.3, -0.25) is 4.79 Å². The van der Waals surface area contributed by atoms with Crippen molar-refractivity contribution in [3.63, 3.8) is 0 Å². The summed E-state index contributed by atoms with van der Waals surface area (Å²) in [5.74, 6) is 3.84. The van der Waals surface area contributed by atoms with Gasteiger partial charge in [0.1, 0.15) is 6.10 Å². The number of carbonyl (C=O) groups is 1. The third-order valence-electron chi connectivity index (χ3n) is 10.9. The number of rotatable bonds is 5. The Labute approximate surface area is 202 Å². The van der Waals surface area contributed by atoms with Crippen LogP contribution in [0.2, 0.25) is 0 Å². The first-order valence-electron chi connectivity index (χ1n) is 13.7. The van der Waals surface area contributed by atoms with Crippen LogP contribution in [0.5, 0.6) is 0 Å². The number of fused-ring (bicyclic) bond motifs is 5. The average molecular weight is 457 g/mol. The van der Waals surface area contributed by atoms with E-state index < -0.39 is 6.10 Å². The molecule has 4 aliphatic carbocycles. The zero-order valence-electron chi connectivity index (χ0n) is 22.1. The van der Waals surface area contributed by atoms with E-state index in [2.05, 4.69) is 59.8 Å². The molecule has 0 heterocycles. The van der Waals surface area contributed by atoms with E-state index in [1.807, 2.05) is 0 Å². The minimum atomic E-state index is -0.412. The van der Waals surface area contributed by atoms with Crippen molar-refractivity contribution in [2.45, 2.75) is 106 Å². The number of hydrogen-bond donors (Lipinski definition) is 1. The molecule has 0 aromatic heterocycles. The Kier molecular flexibility index (Phi) is 6.95. The minimum absolute atomic E-state index is 0.0317. The summed E-state index contributed by atoms with van der Waals surface area (Å²) in [6, 6.07) is 0. The molecule has 0 aliphatic heterocycles. The lowest BCUT2D eigenvalue weighted by Crippen LogP contribution is -2.54. The molecule has 0 aromatic rings. The molecule has 3 saturated carbocycles. The van der Waals surface area contributed by atoms with E-state index in [0.29, 0.717) is 35.0 Å². The first kappa shape index (κ1) is 25.0. The number of esters is 1. The molecule has 3 fully saturated rings. The molecule has 0 amide bonds. The maximum Gasteiger partial charge on any atom is 0.302 e. The van der Waals surface area contributed by atoms with Crippen LogP contribution in [0, 0.1) is 52.3 Å². The normalized spacial score (nSPS) is 44.6. The molecule has 186 valence electrons. The summed E-state index contributed by atoms with van der Waals surface area (Å²) in [5.41, 5.74) is 2.04. The molecule has 3 nitrogen and oxygen atoms in total. The maximum atomic E-state index is 11.5. The molecular formula is C30H48O3. The molecule has 3 heteroatoms. The zero-order chi connectivity index (χ0) is 24.1. The van der Waals surface area contributed by atoms with Crippen LogP contribution in [0.3, 0.4) is 0 Å². The molecule has 33 heavy (non-hydrogen) atoms. The number of carbonyl (C=O) groups excluding carboxylic acids is 1. The van der Waals surface area contributed by atoms with Crippen molar-refractivity contribution < 1.29 is 14.6 Å². The number of ether oxygens (including phenoxy) is 1. The summed E-state index contributed by atoms with van der Waals surface area (Å²) in [7, 11) is 0. The lowest BCUT2D eigenvalue weighted by molar-refractivity contribution is -0.155. The standard InChI is InChI=1S/C30H48O3/c1-18(2)19(3)8-9-20(4)24-10-11-25-23-17-28(32)27-16-22(33-21(5)31)12-14-30(27,7)26(23)13-15-29(24,25)6/h8-9,17-20,22,24-28,32H,10-16H2,1-7H3/t19-,20+,22+,24+,25-,26-,27?,28-,29+,30+/m0/s1. The third-order valence-corrected chi connectivity index (χ3v) is 10.9. The molecule has 10 atom stereocenters. The SMILES string of the molecule is CC(=O)O[C@@H]1CC[C@@]2(C)C(C1)[C@@H](O)C=C1[C@@H]3CC[C@H]([C@H](C)C=C[C@H](C)C(C)C)[C@@]3(C)CC[C@@H]12. The molecule has 1 N–H and O–H groups in total. The molecule has 4 aliphatic rings. The Morgan fingerprint density at radius 2 is 1.70 bits per heavy atom. The molecule has 1 unspecified atom stereocenters. The van der Waals surface area contributed by atoms with Gasteiger partial charge in [-0.15, -0.1) is 0 Å². The van der Waals surface area contributed by atoms with Gasteiger partial charge >= 0.3 is 5.97 Å². The highest BCUT2D eigenvalue weighted by Crippen LogP contribution is 2.66. The van der Waals surface area contributed by atoms with Crippen LogP contribution < -0.4 is 0 Å². The molecule has 0 radical (unpaired) electrons. The molecule has 0 saturated heterocycles. The molecular weight excluding hydrogens is 408 g/mol. The summed E-state index contributed by atoms with van der Waals surface area (Å²) in [6.07, 6.45) is 14.7. The number of aliphatic hydroxyl groups excluding tert-OH is 1. The third kappa shape index (κ3) is 4.37. The van der Waals surface area contributed by atoms with Crippen LogP contribution in [0.15, 0.2) is 23.8 Å². The van der Waals surface area contributed by atoms with E-state index in [4.69, 9.17) is 4.74 Å². The van der Waals surface area contributed by atoms with Gasteiger partial charge in [-0.25, -0.2) is 0 Å². The van der Waals surface area contributed by atoms with Crippen molar-refractivity contribution in [1.82, 2.24) is 0 Å². The Bertz CT molecular complexity index is 796. The number of aliphatic hydroxyl groups is 1. The predicted molar refractivity (Wildman–Crippen MR) is 134 cm³/mol. The van der Waals surface area contributed by atoms with Crippen molar-refractivity contribution in [1.29, 1.82) is 0 Å². The van der Waals surface area contributed by atoms with Crippen molar-refractivity contribution in [3.05, 3.63) is 23.8 Å². The van der Waals surface area contributed by atoms with Gasteiger partial charge in [-0.2, -0.15) is 0 Å². The van der Waals surface area contributed by atoms with Crippen LogP contribution in [0.4, 0.5) is 0 Å². The van der Waals surface area contributed by atoms with Gasteiger partial charge in [0.15, 0.2) is 0 Å². The van der Waals surface area contributed by atoms with E-state index in [1.54, 1.807) is 5.57 Å². The summed E-state index contributed by atoms with van der Waals surface area (Å²) in [6.45, 7) is 15.9. The van der Waals surface area contributed by atoms with Gasteiger partial charge in [-0.05, 0) is 97.2 Å². The lowest BCUT2D eigenvalue weighted by atomic mass is 9.47. The fourth-order valence-electron chi connectivity index (χ4n) is 8.49. The van der Waals surface area contributed by atoms with Crippen LogP contribution in [0.25, 0.3) is 0 Å². The highest BCUT2D eigenvalue weighted by Gasteiger charge is 2.59. The van der Waals surface area contributed by atoms with Crippen molar-refractivity contribution >= 4 is 5.97 Å². The van der Waals surface area contributed by atoms with Gasteiger partial charge in [-0.1, -0.05) is 65.3 Å².